The molecular weight excluding hydrogens is 316 g/mol. The molecule has 1 aliphatic rings. The van der Waals surface area contributed by atoms with Gasteiger partial charge in [0.05, 0.1) is 0 Å². The van der Waals surface area contributed by atoms with E-state index in [9.17, 15) is 9.59 Å². The lowest BCUT2D eigenvalue weighted by molar-refractivity contribution is -0.243. The van der Waals surface area contributed by atoms with Crippen LogP contribution in [0.15, 0.2) is 24.3 Å². The number of halogens is 1. The van der Waals surface area contributed by atoms with Gasteiger partial charge in [0.15, 0.2) is 5.92 Å². The maximum atomic E-state index is 12.5. The van der Waals surface area contributed by atoms with Crippen LogP contribution in [-0.4, -0.2) is 17.7 Å². The number of esters is 2. The molecule has 0 amide bonds. The molecule has 4 nitrogen and oxygen atoms in total. The van der Waals surface area contributed by atoms with Gasteiger partial charge in [-0.05, 0) is 24.1 Å². The monoisotopic (exact) mass is 338 g/mol. The van der Waals surface area contributed by atoms with E-state index < -0.39 is 29.1 Å². The zero-order chi connectivity index (χ0) is 17.3. The summed E-state index contributed by atoms with van der Waals surface area (Å²) in [4.78, 5) is 25.0. The second kappa shape index (κ2) is 6.52. The van der Waals surface area contributed by atoms with E-state index in [-0.39, 0.29) is 0 Å². The molecule has 1 aliphatic heterocycles. The zero-order valence-electron chi connectivity index (χ0n) is 14.0. The summed E-state index contributed by atoms with van der Waals surface area (Å²) in [6.07, 6.45) is 2.53. The van der Waals surface area contributed by atoms with E-state index in [4.69, 9.17) is 21.1 Å². The molecule has 0 unspecified atom stereocenters. The molecular formula is C18H23ClO4. The van der Waals surface area contributed by atoms with Crippen LogP contribution in [0.3, 0.4) is 0 Å². The topological polar surface area (TPSA) is 52.6 Å². The van der Waals surface area contributed by atoms with E-state index in [1.165, 1.54) is 0 Å². The standard InChI is InChI=1S/C18H23ClO4/c1-5-6-11-18(4,12-7-9-13(19)10-8-12)14-15(20)22-17(2,3)23-16(14)21/h7-10,14H,5-6,11H2,1-4H3/t18-/m0/s1. The van der Waals surface area contributed by atoms with Gasteiger partial charge in [-0.1, -0.05) is 50.4 Å². The van der Waals surface area contributed by atoms with Crippen molar-refractivity contribution in [1.29, 1.82) is 0 Å². The number of carbonyl (C=O) groups is 2. The molecule has 5 heteroatoms. The fourth-order valence-electron chi connectivity index (χ4n) is 3.07. The minimum Gasteiger partial charge on any atom is -0.422 e. The molecule has 1 saturated heterocycles. The predicted molar refractivity (Wildman–Crippen MR) is 88.1 cm³/mol. The van der Waals surface area contributed by atoms with E-state index in [1.807, 2.05) is 19.1 Å². The number of carbonyl (C=O) groups excluding carboxylic acids is 2. The highest BCUT2D eigenvalue weighted by Crippen LogP contribution is 2.42. The molecule has 0 bridgehead atoms. The van der Waals surface area contributed by atoms with Gasteiger partial charge in [0, 0.05) is 24.3 Å². The quantitative estimate of drug-likeness (QED) is 0.595. The Morgan fingerprint density at radius 1 is 1.13 bits per heavy atom. The largest absolute Gasteiger partial charge is 0.422 e. The number of ether oxygens (including phenoxy) is 2. The van der Waals surface area contributed by atoms with Gasteiger partial charge in [0.2, 0.25) is 0 Å². The van der Waals surface area contributed by atoms with E-state index in [0.29, 0.717) is 11.4 Å². The van der Waals surface area contributed by atoms with Gasteiger partial charge in [-0.3, -0.25) is 9.59 Å². The number of hydrogen-bond donors (Lipinski definition) is 0. The molecule has 0 spiro atoms. The average Bonchev–Trinajstić information content (AvgIpc) is 2.43. The van der Waals surface area contributed by atoms with E-state index in [1.54, 1.807) is 26.0 Å². The van der Waals surface area contributed by atoms with Gasteiger partial charge < -0.3 is 9.47 Å². The fourth-order valence-corrected chi connectivity index (χ4v) is 3.20. The average molecular weight is 339 g/mol. The smallest absolute Gasteiger partial charge is 0.324 e. The van der Waals surface area contributed by atoms with Crippen molar-refractivity contribution in [3.63, 3.8) is 0 Å². The third-order valence-corrected chi connectivity index (χ3v) is 4.61. The van der Waals surface area contributed by atoms with Crippen molar-refractivity contribution in [3.8, 4) is 0 Å². The lowest BCUT2D eigenvalue weighted by Crippen LogP contribution is -2.53. The molecule has 23 heavy (non-hydrogen) atoms. The third kappa shape index (κ3) is 3.69. The van der Waals surface area contributed by atoms with Crippen LogP contribution in [0.2, 0.25) is 5.02 Å². The number of benzene rings is 1. The van der Waals surface area contributed by atoms with Crippen LogP contribution in [0.5, 0.6) is 0 Å². The van der Waals surface area contributed by atoms with E-state index in [0.717, 1.165) is 18.4 Å². The maximum Gasteiger partial charge on any atom is 0.324 e. The molecule has 0 aromatic heterocycles. The molecule has 0 radical (unpaired) electrons. The van der Waals surface area contributed by atoms with E-state index >= 15 is 0 Å². The zero-order valence-corrected chi connectivity index (χ0v) is 14.8. The van der Waals surface area contributed by atoms with Crippen LogP contribution in [-0.2, 0) is 24.5 Å². The summed E-state index contributed by atoms with van der Waals surface area (Å²) in [5.41, 5.74) is 0.194. The first-order valence-electron chi connectivity index (χ1n) is 7.91. The Kier molecular flexibility index (Phi) is 5.04. The van der Waals surface area contributed by atoms with Gasteiger partial charge in [-0.25, -0.2) is 0 Å². The second-order valence-electron chi connectivity index (χ2n) is 6.70. The van der Waals surface area contributed by atoms with Crippen LogP contribution in [0.1, 0.15) is 52.5 Å². The molecule has 126 valence electrons. The lowest BCUT2D eigenvalue weighted by Gasteiger charge is -2.41. The molecule has 0 aliphatic carbocycles. The van der Waals surface area contributed by atoms with Crippen LogP contribution >= 0.6 is 11.6 Å². The van der Waals surface area contributed by atoms with Gasteiger partial charge >= 0.3 is 11.9 Å². The second-order valence-corrected chi connectivity index (χ2v) is 7.14. The predicted octanol–water partition coefficient (Wildman–Crippen LogP) is 4.24. The summed E-state index contributed by atoms with van der Waals surface area (Å²) in [6.45, 7) is 7.11. The Balaban J connectivity index is 2.43. The molecule has 0 N–H and O–H groups in total. The first-order chi connectivity index (χ1) is 10.7. The van der Waals surface area contributed by atoms with Crippen molar-refractivity contribution in [1.82, 2.24) is 0 Å². The molecule has 1 aromatic rings. The Bertz CT molecular complexity index is 574. The number of rotatable bonds is 5. The van der Waals surface area contributed by atoms with Gasteiger partial charge in [0.25, 0.3) is 5.79 Å². The third-order valence-electron chi connectivity index (χ3n) is 4.35. The van der Waals surface area contributed by atoms with Crippen LogP contribution in [0.25, 0.3) is 0 Å². The van der Waals surface area contributed by atoms with Gasteiger partial charge in [-0.15, -0.1) is 0 Å². The summed E-state index contributed by atoms with van der Waals surface area (Å²) in [6, 6.07) is 7.26. The highest BCUT2D eigenvalue weighted by atomic mass is 35.5. The van der Waals surface area contributed by atoms with E-state index in [2.05, 4.69) is 6.92 Å². The minimum atomic E-state index is -1.21. The summed E-state index contributed by atoms with van der Waals surface area (Å²) in [7, 11) is 0. The molecule has 1 fully saturated rings. The summed E-state index contributed by atoms with van der Waals surface area (Å²) in [5, 5.41) is 0.613. The van der Waals surface area contributed by atoms with Crippen molar-refractivity contribution in [2.45, 2.75) is 58.2 Å². The van der Waals surface area contributed by atoms with Crippen molar-refractivity contribution in [2.24, 2.45) is 5.92 Å². The molecule has 1 heterocycles. The Hall–Kier alpha value is -1.55. The molecule has 1 aromatic carbocycles. The number of cyclic esters (lactones) is 2. The minimum absolute atomic E-state index is 0.528. The van der Waals surface area contributed by atoms with Crippen molar-refractivity contribution in [3.05, 3.63) is 34.9 Å². The Morgan fingerprint density at radius 2 is 1.65 bits per heavy atom. The summed E-state index contributed by atoms with van der Waals surface area (Å²) >= 11 is 5.96. The Labute approximate surface area is 142 Å². The fraction of sp³-hybridized carbons (Fsp3) is 0.556. The molecule has 1 atom stereocenters. The normalized spacial score (nSPS) is 20.6. The SMILES string of the molecule is CCCC[C@@](C)(c1ccc(Cl)cc1)C1C(=O)OC(C)(C)OC1=O. The number of unbranched alkanes of at least 4 members (excludes halogenated alkanes) is 1. The van der Waals surface area contributed by atoms with Crippen molar-refractivity contribution in [2.75, 3.05) is 0 Å². The molecule has 0 saturated carbocycles. The van der Waals surface area contributed by atoms with Crippen LogP contribution < -0.4 is 0 Å². The number of hydrogen-bond acceptors (Lipinski definition) is 4. The lowest BCUT2D eigenvalue weighted by atomic mass is 9.68. The van der Waals surface area contributed by atoms with Gasteiger partial charge in [-0.2, -0.15) is 0 Å². The Morgan fingerprint density at radius 3 is 2.13 bits per heavy atom. The first-order valence-corrected chi connectivity index (χ1v) is 8.29. The van der Waals surface area contributed by atoms with Crippen LogP contribution in [0.4, 0.5) is 0 Å². The summed E-state index contributed by atoms with van der Waals surface area (Å²) < 4.78 is 10.6. The summed E-state index contributed by atoms with van der Waals surface area (Å²) in [5.74, 6) is -3.24. The molecule has 2 rings (SSSR count). The van der Waals surface area contributed by atoms with Crippen LogP contribution in [0, 0.1) is 5.92 Å². The van der Waals surface area contributed by atoms with Crippen molar-refractivity contribution < 1.29 is 19.1 Å². The highest BCUT2D eigenvalue weighted by Gasteiger charge is 2.53. The van der Waals surface area contributed by atoms with Gasteiger partial charge in [0.1, 0.15) is 0 Å². The first kappa shape index (κ1) is 17.8. The van der Waals surface area contributed by atoms with Crippen molar-refractivity contribution >= 4 is 23.5 Å². The highest BCUT2D eigenvalue weighted by molar-refractivity contribution is 6.30. The maximum absolute atomic E-state index is 12.5.